The number of hydrogen-bond donors (Lipinski definition) is 1. The normalized spacial score (nSPS) is 11.3. The summed E-state index contributed by atoms with van der Waals surface area (Å²) in [5.74, 6) is -1.38. The summed E-state index contributed by atoms with van der Waals surface area (Å²) in [6, 6.07) is 17.0. The molecule has 3 nitrogen and oxygen atoms in total. The summed E-state index contributed by atoms with van der Waals surface area (Å²) in [5, 5.41) is 1.04. The van der Waals surface area contributed by atoms with Gasteiger partial charge in [0.25, 0.3) is 0 Å². The monoisotopic (exact) mass is 335 g/mol. The van der Waals surface area contributed by atoms with E-state index in [0.29, 0.717) is 32.9 Å². The van der Waals surface area contributed by atoms with Gasteiger partial charge in [0.15, 0.2) is 0 Å². The molecule has 1 radical (unpaired) electrons. The van der Waals surface area contributed by atoms with Gasteiger partial charge < -0.3 is 10.3 Å². The van der Waals surface area contributed by atoms with Crippen molar-refractivity contribution in [3.63, 3.8) is 0 Å². The van der Waals surface area contributed by atoms with Crippen molar-refractivity contribution in [1.82, 2.24) is 4.57 Å². The second-order valence-electron chi connectivity index (χ2n) is 5.83. The lowest BCUT2D eigenvalue weighted by Crippen LogP contribution is -2.11. The molecule has 0 saturated heterocycles. The average Bonchev–Trinajstić information content (AvgIpc) is 2.90. The molecule has 0 aliphatic heterocycles. The third kappa shape index (κ3) is 2.45. The van der Waals surface area contributed by atoms with E-state index >= 15 is 0 Å². The van der Waals surface area contributed by atoms with Crippen LogP contribution in [0.5, 0.6) is 0 Å². The molecule has 5 heteroatoms. The van der Waals surface area contributed by atoms with Gasteiger partial charge in [-0.15, -0.1) is 0 Å². The quantitative estimate of drug-likeness (QED) is 0.604. The maximum Gasteiger partial charge on any atom is 0.249 e. The van der Waals surface area contributed by atoms with Gasteiger partial charge in [0.05, 0.1) is 11.0 Å². The molecule has 0 unspecified atom stereocenters. The predicted octanol–water partition coefficient (Wildman–Crippen LogP) is 4.02. The molecule has 0 saturated carbocycles. The van der Waals surface area contributed by atoms with Gasteiger partial charge in [-0.2, -0.15) is 0 Å². The molecule has 123 valence electrons. The second-order valence-corrected chi connectivity index (χ2v) is 5.83. The van der Waals surface area contributed by atoms with Crippen molar-refractivity contribution in [2.24, 2.45) is 5.73 Å². The van der Waals surface area contributed by atoms with Gasteiger partial charge in [-0.3, -0.25) is 4.79 Å². The Bertz CT molecular complexity index is 1130. The summed E-state index contributed by atoms with van der Waals surface area (Å²) in [5.41, 5.74) is 7.44. The zero-order valence-corrected chi connectivity index (χ0v) is 13.1. The van der Waals surface area contributed by atoms with Crippen LogP contribution in [0.1, 0.15) is 15.9 Å². The van der Waals surface area contributed by atoms with Crippen LogP contribution in [0.25, 0.3) is 21.8 Å². The van der Waals surface area contributed by atoms with Crippen molar-refractivity contribution in [2.45, 2.75) is 6.54 Å². The molecular formula is C20H13F2N2O. The number of hydrogen-bond acceptors (Lipinski definition) is 1. The zero-order valence-electron chi connectivity index (χ0n) is 13.1. The number of aromatic nitrogens is 1. The fourth-order valence-electron chi connectivity index (χ4n) is 3.26. The Morgan fingerprint density at radius 3 is 2.68 bits per heavy atom. The van der Waals surface area contributed by atoms with Gasteiger partial charge in [0.2, 0.25) is 5.91 Å². The number of nitrogens with two attached hydrogens (primary N) is 1. The third-order valence-corrected chi connectivity index (χ3v) is 4.27. The number of carbonyl (C=O) groups is 1. The summed E-state index contributed by atoms with van der Waals surface area (Å²) in [6.07, 6.45) is 0. The minimum absolute atomic E-state index is 0.259. The fraction of sp³-hybridized carbons (Fsp3) is 0.0500. The molecule has 0 spiro atoms. The Kier molecular flexibility index (Phi) is 3.50. The van der Waals surface area contributed by atoms with Crippen LogP contribution in [-0.2, 0) is 6.54 Å². The largest absolute Gasteiger partial charge is 0.366 e. The van der Waals surface area contributed by atoms with Crippen LogP contribution in [-0.4, -0.2) is 10.5 Å². The number of fused-ring (bicyclic) bond motifs is 3. The molecular weight excluding hydrogens is 322 g/mol. The summed E-state index contributed by atoms with van der Waals surface area (Å²) >= 11 is 0. The van der Waals surface area contributed by atoms with Crippen LogP contribution in [0.4, 0.5) is 8.78 Å². The van der Waals surface area contributed by atoms with Gasteiger partial charge in [0, 0.05) is 22.9 Å². The van der Waals surface area contributed by atoms with Crippen molar-refractivity contribution in [1.29, 1.82) is 0 Å². The first-order valence-corrected chi connectivity index (χ1v) is 7.71. The maximum atomic E-state index is 14.6. The van der Waals surface area contributed by atoms with Crippen LogP contribution < -0.4 is 5.73 Å². The number of halogens is 2. The van der Waals surface area contributed by atoms with Crippen molar-refractivity contribution >= 4 is 27.7 Å². The van der Waals surface area contributed by atoms with E-state index in [1.807, 2.05) is 0 Å². The molecule has 2 N–H and O–H groups in total. The van der Waals surface area contributed by atoms with Gasteiger partial charge >= 0.3 is 0 Å². The zero-order chi connectivity index (χ0) is 17.6. The molecule has 0 aliphatic rings. The molecule has 0 bridgehead atoms. The Morgan fingerprint density at radius 1 is 1.12 bits per heavy atom. The van der Waals surface area contributed by atoms with Crippen LogP contribution in [0.3, 0.4) is 0 Å². The molecule has 4 rings (SSSR count). The molecule has 1 aromatic heterocycles. The van der Waals surface area contributed by atoms with Crippen molar-refractivity contribution in [3.8, 4) is 0 Å². The highest BCUT2D eigenvalue weighted by Gasteiger charge is 2.18. The van der Waals surface area contributed by atoms with E-state index in [-0.39, 0.29) is 12.4 Å². The minimum Gasteiger partial charge on any atom is -0.366 e. The molecule has 0 fully saturated rings. The molecule has 1 heterocycles. The van der Waals surface area contributed by atoms with Gasteiger partial charge in [-0.05, 0) is 42.0 Å². The summed E-state index contributed by atoms with van der Waals surface area (Å²) in [7, 11) is 0. The van der Waals surface area contributed by atoms with Crippen LogP contribution in [0, 0.1) is 17.7 Å². The number of nitrogens with zero attached hydrogens (tertiary/aromatic N) is 1. The number of amides is 1. The molecule has 0 atom stereocenters. The van der Waals surface area contributed by atoms with Gasteiger partial charge in [-0.1, -0.05) is 24.3 Å². The van der Waals surface area contributed by atoms with E-state index in [1.165, 1.54) is 24.3 Å². The molecule has 0 aliphatic carbocycles. The lowest BCUT2D eigenvalue weighted by molar-refractivity contribution is 0.100. The Labute approximate surface area is 142 Å². The molecule has 4 aromatic rings. The van der Waals surface area contributed by atoms with Crippen molar-refractivity contribution in [3.05, 3.63) is 83.4 Å². The molecule has 1 amide bonds. The molecule has 25 heavy (non-hydrogen) atoms. The third-order valence-electron chi connectivity index (χ3n) is 4.27. The first-order chi connectivity index (χ1) is 12.1. The number of carbonyl (C=O) groups excluding carboxylic acids is 1. The number of benzene rings is 3. The van der Waals surface area contributed by atoms with Crippen LogP contribution >= 0.6 is 0 Å². The highest BCUT2D eigenvalue weighted by atomic mass is 19.1. The topological polar surface area (TPSA) is 48.0 Å². The Hall–Kier alpha value is -3.21. The minimum atomic E-state index is -0.590. The van der Waals surface area contributed by atoms with Gasteiger partial charge in [-0.25, -0.2) is 8.78 Å². The fourth-order valence-corrected chi connectivity index (χ4v) is 3.26. The van der Waals surface area contributed by atoms with Gasteiger partial charge in [0.1, 0.15) is 11.6 Å². The Morgan fingerprint density at radius 2 is 1.92 bits per heavy atom. The molecule has 3 aromatic carbocycles. The van der Waals surface area contributed by atoms with E-state index in [4.69, 9.17) is 5.73 Å². The Balaban J connectivity index is 2.08. The first kappa shape index (κ1) is 15.3. The maximum absolute atomic E-state index is 14.6. The number of rotatable bonds is 3. The average molecular weight is 335 g/mol. The highest BCUT2D eigenvalue weighted by molar-refractivity contribution is 6.17. The summed E-state index contributed by atoms with van der Waals surface area (Å²) in [6.45, 7) is 0.259. The summed E-state index contributed by atoms with van der Waals surface area (Å²) < 4.78 is 29.8. The van der Waals surface area contributed by atoms with E-state index in [0.717, 1.165) is 0 Å². The lowest BCUT2D eigenvalue weighted by atomic mass is 10.1. The second kappa shape index (κ2) is 5.70. The van der Waals surface area contributed by atoms with Crippen molar-refractivity contribution in [2.75, 3.05) is 0 Å². The standard InChI is InChI=1S/C20H13F2N2O/c21-13-5-1-4-12(10-13)11-24-17-9-3-7-15(20(23)25)18(17)14-6-2-8-16(22)19(14)24/h1-5,7-10H,11H2,(H2,23,25). The first-order valence-electron chi connectivity index (χ1n) is 7.71. The van der Waals surface area contributed by atoms with E-state index in [9.17, 15) is 13.6 Å². The van der Waals surface area contributed by atoms with Crippen LogP contribution in [0.15, 0.2) is 54.6 Å². The van der Waals surface area contributed by atoms with E-state index < -0.39 is 11.7 Å². The van der Waals surface area contributed by atoms with E-state index in [2.05, 4.69) is 6.07 Å². The number of primary amides is 1. The predicted molar refractivity (Wildman–Crippen MR) is 92.3 cm³/mol. The van der Waals surface area contributed by atoms with E-state index in [1.54, 1.807) is 34.9 Å². The van der Waals surface area contributed by atoms with Crippen LogP contribution in [0.2, 0.25) is 0 Å². The van der Waals surface area contributed by atoms with Crippen molar-refractivity contribution < 1.29 is 13.6 Å². The smallest absolute Gasteiger partial charge is 0.249 e. The highest BCUT2D eigenvalue weighted by Crippen LogP contribution is 2.33. The SMILES string of the molecule is NC(=O)c1cccc2c1c1[c]ccc(F)c1n2Cc1cccc(F)c1. The summed E-state index contributed by atoms with van der Waals surface area (Å²) in [4.78, 5) is 11.8. The lowest BCUT2D eigenvalue weighted by Gasteiger charge is -2.08.